The molecule has 0 spiro atoms. The van der Waals surface area contributed by atoms with Crippen molar-refractivity contribution < 1.29 is 19.1 Å². The fraction of sp³-hybridized carbons (Fsp3) is 0.190. The van der Waals surface area contributed by atoms with E-state index in [2.05, 4.69) is 26.2 Å². The summed E-state index contributed by atoms with van der Waals surface area (Å²) in [4.78, 5) is 27.4. The highest BCUT2D eigenvalue weighted by molar-refractivity contribution is 9.10. The first-order valence-electron chi connectivity index (χ1n) is 8.89. The molecule has 0 atom stereocenters. The summed E-state index contributed by atoms with van der Waals surface area (Å²) < 4.78 is 12.6. The van der Waals surface area contributed by atoms with Gasteiger partial charge in [-0.15, -0.1) is 0 Å². The molecule has 0 radical (unpaired) electrons. The normalized spacial score (nSPS) is 14.7. The Balaban J connectivity index is 1.74. The molecule has 0 saturated carbocycles. The molecule has 0 unspecified atom stereocenters. The zero-order valence-corrected chi connectivity index (χ0v) is 18.3. The van der Waals surface area contributed by atoms with Gasteiger partial charge in [0, 0.05) is 11.4 Å². The van der Waals surface area contributed by atoms with Crippen LogP contribution < -0.4 is 14.8 Å². The summed E-state index contributed by atoms with van der Waals surface area (Å²) >= 11 is 4.54. The minimum absolute atomic E-state index is 0.267. The molecule has 3 rings (SSSR count). The van der Waals surface area contributed by atoms with Crippen molar-refractivity contribution in [1.29, 1.82) is 0 Å². The zero-order chi connectivity index (χ0) is 20.8. The van der Waals surface area contributed by atoms with Gasteiger partial charge in [-0.25, -0.2) is 0 Å². The van der Waals surface area contributed by atoms with Gasteiger partial charge >= 0.3 is 0 Å². The minimum Gasteiger partial charge on any atom is -0.490 e. The summed E-state index contributed by atoms with van der Waals surface area (Å²) in [5.74, 6) is 0.568. The van der Waals surface area contributed by atoms with Crippen molar-refractivity contribution in [2.45, 2.75) is 20.5 Å². The average Bonchev–Trinajstić information content (AvgIpc) is 3.01. The first-order valence-corrected chi connectivity index (χ1v) is 10.5. The van der Waals surface area contributed by atoms with Crippen LogP contribution in [0.15, 0.2) is 56.8 Å². The van der Waals surface area contributed by atoms with Crippen LogP contribution in [0.4, 0.5) is 0 Å². The summed E-state index contributed by atoms with van der Waals surface area (Å²) in [6.07, 6.45) is 1.71. The van der Waals surface area contributed by atoms with E-state index >= 15 is 0 Å². The molecule has 0 saturated heterocycles. The van der Waals surface area contributed by atoms with E-state index in [1.807, 2.05) is 49.4 Å². The number of aliphatic imine (C=N–C) groups is 1. The van der Waals surface area contributed by atoms with Crippen LogP contribution in [0, 0.1) is 0 Å². The number of amidine groups is 1. The van der Waals surface area contributed by atoms with Crippen molar-refractivity contribution in [3.63, 3.8) is 0 Å². The molecule has 29 heavy (non-hydrogen) atoms. The Morgan fingerprint density at radius 2 is 1.93 bits per heavy atom. The molecule has 6 nitrogen and oxygen atoms in total. The topological polar surface area (TPSA) is 77.0 Å². The van der Waals surface area contributed by atoms with Crippen LogP contribution in [0.25, 0.3) is 6.08 Å². The number of hydrogen-bond donors (Lipinski definition) is 1. The fourth-order valence-electron chi connectivity index (χ4n) is 2.51. The first kappa shape index (κ1) is 21.1. The lowest BCUT2D eigenvalue weighted by molar-refractivity contribution is -0.117. The molecular weight excluding hydrogens is 456 g/mol. The van der Waals surface area contributed by atoms with Gasteiger partial charge in [-0.2, -0.15) is 4.99 Å². The number of carbonyl (C=O) groups excluding carboxylic acids is 2. The number of nitrogens with zero attached hydrogens (tertiary/aromatic N) is 1. The Morgan fingerprint density at radius 3 is 2.62 bits per heavy atom. The molecule has 2 aromatic rings. The zero-order valence-electron chi connectivity index (χ0n) is 15.9. The van der Waals surface area contributed by atoms with Crippen LogP contribution in [-0.4, -0.2) is 23.6 Å². The maximum atomic E-state index is 12.0. The van der Waals surface area contributed by atoms with E-state index in [1.165, 1.54) is 6.92 Å². The van der Waals surface area contributed by atoms with Crippen LogP contribution in [0.3, 0.4) is 0 Å². The second-order valence-corrected chi connectivity index (χ2v) is 8.01. The third-order valence-corrected chi connectivity index (χ3v) is 5.20. The van der Waals surface area contributed by atoms with E-state index in [4.69, 9.17) is 9.47 Å². The van der Waals surface area contributed by atoms with Crippen molar-refractivity contribution in [3.8, 4) is 11.5 Å². The molecule has 1 aliphatic heterocycles. The number of rotatable bonds is 6. The van der Waals surface area contributed by atoms with Crippen molar-refractivity contribution in [1.82, 2.24) is 5.32 Å². The van der Waals surface area contributed by atoms with E-state index < -0.39 is 0 Å². The molecule has 2 aromatic carbocycles. The highest BCUT2D eigenvalue weighted by atomic mass is 79.9. The third kappa shape index (κ3) is 5.95. The number of thioether (sulfide) groups is 1. The Hall–Kier alpha value is -2.58. The van der Waals surface area contributed by atoms with Crippen molar-refractivity contribution in [2.75, 3.05) is 6.61 Å². The molecule has 0 fully saturated rings. The lowest BCUT2D eigenvalue weighted by Crippen LogP contribution is -2.23. The summed E-state index contributed by atoms with van der Waals surface area (Å²) in [5.41, 5.74) is 1.82. The summed E-state index contributed by atoms with van der Waals surface area (Å²) in [7, 11) is 0. The van der Waals surface area contributed by atoms with Gasteiger partial charge in [0.1, 0.15) is 6.61 Å². The average molecular weight is 475 g/mol. The van der Waals surface area contributed by atoms with E-state index in [-0.39, 0.29) is 17.0 Å². The number of ether oxygens (including phenoxy) is 2. The number of carbonyl (C=O) groups is 2. The Morgan fingerprint density at radius 1 is 1.17 bits per heavy atom. The van der Waals surface area contributed by atoms with Gasteiger partial charge in [0.15, 0.2) is 16.7 Å². The van der Waals surface area contributed by atoms with Crippen LogP contribution in [0.2, 0.25) is 0 Å². The van der Waals surface area contributed by atoms with Gasteiger partial charge in [-0.3, -0.25) is 9.59 Å². The van der Waals surface area contributed by atoms with E-state index in [1.54, 1.807) is 6.08 Å². The lowest BCUT2D eigenvalue weighted by atomic mass is 10.2. The smallest absolute Gasteiger partial charge is 0.286 e. The van der Waals surface area contributed by atoms with Crippen LogP contribution in [0.5, 0.6) is 11.5 Å². The largest absolute Gasteiger partial charge is 0.490 e. The van der Waals surface area contributed by atoms with Crippen LogP contribution >= 0.6 is 27.7 Å². The minimum atomic E-state index is -0.382. The summed E-state index contributed by atoms with van der Waals surface area (Å²) in [6.45, 7) is 4.17. The monoisotopic (exact) mass is 474 g/mol. The van der Waals surface area contributed by atoms with Gasteiger partial charge in [0.2, 0.25) is 5.91 Å². The van der Waals surface area contributed by atoms with Gasteiger partial charge in [-0.1, -0.05) is 34.1 Å². The molecule has 0 aliphatic carbocycles. The summed E-state index contributed by atoms with van der Waals surface area (Å²) in [5, 5.41) is 2.81. The number of amides is 2. The van der Waals surface area contributed by atoms with E-state index in [0.717, 1.165) is 27.4 Å². The van der Waals surface area contributed by atoms with Crippen molar-refractivity contribution >= 4 is 50.7 Å². The second kappa shape index (κ2) is 9.76. The highest BCUT2D eigenvalue weighted by Gasteiger charge is 2.22. The molecule has 2 amide bonds. The molecule has 1 aliphatic rings. The molecule has 0 aromatic heterocycles. The molecule has 150 valence electrons. The van der Waals surface area contributed by atoms with Crippen LogP contribution in [-0.2, 0) is 16.2 Å². The predicted molar refractivity (Wildman–Crippen MR) is 118 cm³/mol. The maximum absolute atomic E-state index is 12.0. The Bertz CT molecular complexity index is 987. The van der Waals surface area contributed by atoms with Gasteiger partial charge in [-0.05, 0) is 60.2 Å². The first-order chi connectivity index (χ1) is 13.9. The van der Waals surface area contributed by atoms with E-state index in [9.17, 15) is 9.59 Å². The Kier molecular flexibility index (Phi) is 7.11. The third-order valence-electron chi connectivity index (χ3n) is 3.78. The second-order valence-electron chi connectivity index (χ2n) is 6.07. The maximum Gasteiger partial charge on any atom is 0.286 e. The highest BCUT2D eigenvalue weighted by Crippen LogP contribution is 2.33. The number of benzene rings is 2. The van der Waals surface area contributed by atoms with Gasteiger partial charge < -0.3 is 14.8 Å². The number of halogens is 1. The number of hydrogen-bond acceptors (Lipinski definition) is 5. The van der Waals surface area contributed by atoms with Gasteiger partial charge in [0.25, 0.3) is 5.91 Å². The Labute approximate surface area is 181 Å². The van der Waals surface area contributed by atoms with Gasteiger partial charge in [0.05, 0.1) is 11.5 Å². The molecule has 8 heteroatoms. The molecular formula is C21H19BrN2O4S. The molecule has 0 bridgehead atoms. The quantitative estimate of drug-likeness (QED) is 0.622. The van der Waals surface area contributed by atoms with E-state index in [0.29, 0.717) is 29.6 Å². The van der Waals surface area contributed by atoms with Crippen molar-refractivity contribution in [3.05, 3.63) is 63.0 Å². The molecule has 1 heterocycles. The fourth-order valence-corrected chi connectivity index (χ4v) is 3.63. The summed E-state index contributed by atoms with van der Waals surface area (Å²) in [6, 6.07) is 13.4. The number of nitrogens with one attached hydrogen (secondary N) is 1. The predicted octanol–water partition coefficient (Wildman–Crippen LogP) is 4.53. The van der Waals surface area contributed by atoms with Crippen molar-refractivity contribution in [2.24, 2.45) is 4.99 Å². The lowest BCUT2D eigenvalue weighted by Gasteiger charge is -2.13. The van der Waals surface area contributed by atoms with Crippen LogP contribution in [0.1, 0.15) is 25.0 Å². The molecule has 1 N–H and O–H groups in total. The standard InChI is InChI=1S/C21H19BrN2O4S/c1-3-27-18-10-15(11-19-20(26)24-21(29-19)23-13(2)25)6-9-17(18)28-12-14-4-7-16(22)8-5-14/h4-11H,3,12H2,1-2H3,(H,23,24,25,26). The SMILES string of the molecule is CCOc1cc(C=C2SC(NC(C)=O)=NC2=O)ccc1OCc1ccc(Br)cc1.